The molecular formula is C16H15BrFNO2. The van der Waals surface area contributed by atoms with E-state index in [-0.39, 0.29) is 11.7 Å². The summed E-state index contributed by atoms with van der Waals surface area (Å²) >= 11 is 3.33. The van der Waals surface area contributed by atoms with E-state index in [2.05, 4.69) is 15.9 Å². The van der Waals surface area contributed by atoms with Crippen LogP contribution in [-0.4, -0.2) is 25.0 Å². The van der Waals surface area contributed by atoms with Crippen LogP contribution in [0, 0.1) is 5.82 Å². The lowest BCUT2D eigenvalue weighted by Gasteiger charge is -2.17. The third-order valence-electron chi connectivity index (χ3n) is 3.07. The number of rotatable bonds is 4. The highest BCUT2D eigenvalue weighted by Gasteiger charge is 2.13. The highest BCUT2D eigenvalue weighted by atomic mass is 79.9. The van der Waals surface area contributed by atoms with Crippen molar-refractivity contribution in [2.45, 2.75) is 6.54 Å². The molecular weight excluding hydrogens is 337 g/mol. The number of halogens is 2. The molecule has 0 aliphatic rings. The molecule has 0 fully saturated rings. The van der Waals surface area contributed by atoms with Crippen molar-refractivity contribution in [2.24, 2.45) is 0 Å². The molecule has 1 amide bonds. The van der Waals surface area contributed by atoms with Crippen molar-refractivity contribution >= 4 is 21.8 Å². The van der Waals surface area contributed by atoms with Crippen LogP contribution in [0.2, 0.25) is 0 Å². The Morgan fingerprint density at radius 2 is 1.90 bits per heavy atom. The molecule has 5 heteroatoms. The Bertz CT molecular complexity index is 643. The summed E-state index contributed by atoms with van der Waals surface area (Å²) < 4.78 is 19.4. The molecule has 0 spiro atoms. The van der Waals surface area contributed by atoms with E-state index in [9.17, 15) is 9.18 Å². The number of hydrogen-bond acceptors (Lipinski definition) is 2. The van der Waals surface area contributed by atoms with E-state index >= 15 is 0 Å². The third-order valence-corrected chi connectivity index (χ3v) is 3.60. The van der Waals surface area contributed by atoms with Gasteiger partial charge in [0.15, 0.2) is 11.6 Å². The fourth-order valence-electron chi connectivity index (χ4n) is 1.97. The Labute approximate surface area is 131 Å². The van der Waals surface area contributed by atoms with Gasteiger partial charge in [-0.25, -0.2) is 4.39 Å². The SMILES string of the molecule is COc1ccc(CN(C)C(=O)c2ccc(Br)cc2)cc1F. The van der Waals surface area contributed by atoms with Crippen molar-refractivity contribution in [1.29, 1.82) is 0 Å². The zero-order valence-electron chi connectivity index (χ0n) is 11.8. The lowest BCUT2D eigenvalue weighted by molar-refractivity contribution is 0.0785. The van der Waals surface area contributed by atoms with Gasteiger partial charge in [0.05, 0.1) is 7.11 Å². The van der Waals surface area contributed by atoms with Crippen molar-refractivity contribution in [2.75, 3.05) is 14.2 Å². The summed E-state index contributed by atoms with van der Waals surface area (Å²) in [6, 6.07) is 11.8. The maximum atomic E-state index is 13.6. The van der Waals surface area contributed by atoms with Gasteiger partial charge in [-0.1, -0.05) is 22.0 Å². The molecule has 0 N–H and O–H groups in total. The average Bonchev–Trinajstić information content (AvgIpc) is 2.47. The largest absolute Gasteiger partial charge is 0.494 e. The van der Waals surface area contributed by atoms with Gasteiger partial charge in [-0.2, -0.15) is 0 Å². The first-order valence-corrected chi connectivity index (χ1v) is 7.14. The first kappa shape index (κ1) is 15.5. The number of hydrogen-bond donors (Lipinski definition) is 0. The zero-order valence-corrected chi connectivity index (χ0v) is 13.4. The standard InChI is InChI=1S/C16H15BrFNO2/c1-19(16(20)12-4-6-13(17)7-5-12)10-11-3-8-15(21-2)14(18)9-11/h3-9H,10H2,1-2H3. The minimum Gasteiger partial charge on any atom is -0.494 e. The van der Waals surface area contributed by atoms with Crippen LogP contribution in [-0.2, 0) is 6.54 Å². The molecule has 21 heavy (non-hydrogen) atoms. The van der Waals surface area contributed by atoms with Crippen LogP contribution in [0.15, 0.2) is 46.9 Å². The van der Waals surface area contributed by atoms with Crippen LogP contribution in [0.25, 0.3) is 0 Å². The molecule has 3 nitrogen and oxygen atoms in total. The maximum Gasteiger partial charge on any atom is 0.253 e. The first-order chi connectivity index (χ1) is 10.0. The molecule has 0 bridgehead atoms. The molecule has 0 aromatic heterocycles. The predicted octanol–water partition coefficient (Wildman–Crippen LogP) is 3.87. The quantitative estimate of drug-likeness (QED) is 0.836. The van der Waals surface area contributed by atoms with E-state index in [0.29, 0.717) is 17.7 Å². The van der Waals surface area contributed by atoms with E-state index in [0.717, 1.165) is 4.47 Å². The summed E-state index contributed by atoms with van der Waals surface area (Å²) in [5.41, 5.74) is 1.30. The number of benzene rings is 2. The molecule has 110 valence electrons. The van der Waals surface area contributed by atoms with Gasteiger partial charge in [0.1, 0.15) is 0 Å². The highest BCUT2D eigenvalue weighted by Crippen LogP contribution is 2.19. The summed E-state index contributed by atoms with van der Waals surface area (Å²) in [5.74, 6) is -0.348. The molecule has 2 aromatic rings. The van der Waals surface area contributed by atoms with Gasteiger partial charge in [0, 0.05) is 23.6 Å². The number of nitrogens with zero attached hydrogens (tertiary/aromatic N) is 1. The Hall–Kier alpha value is -1.88. The molecule has 0 atom stereocenters. The number of ether oxygens (including phenoxy) is 1. The Kier molecular flexibility index (Phi) is 4.96. The molecule has 2 aromatic carbocycles. The first-order valence-electron chi connectivity index (χ1n) is 6.34. The van der Waals surface area contributed by atoms with E-state index in [1.54, 1.807) is 36.2 Å². The molecule has 0 aliphatic carbocycles. The summed E-state index contributed by atoms with van der Waals surface area (Å²) in [6.45, 7) is 0.329. The van der Waals surface area contributed by atoms with E-state index in [4.69, 9.17) is 4.74 Å². The normalized spacial score (nSPS) is 10.3. The smallest absolute Gasteiger partial charge is 0.253 e. The van der Waals surface area contributed by atoms with Crippen molar-refractivity contribution in [3.63, 3.8) is 0 Å². The Morgan fingerprint density at radius 1 is 1.24 bits per heavy atom. The second-order valence-electron chi connectivity index (χ2n) is 4.64. The molecule has 0 aliphatic heterocycles. The second-order valence-corrected chi connectivity index (χ2v) is 5.55. The van der Waals surface area contributed by atoms with Crippen molar-refractivity contribution in [3.8, 4) is 5.75 Å². The van der Waals surface area contributed by atoms with Crippen LogP contribution in [0.1, 0.15) is 15.9 Å². The Morgan fingerprint density at radius 3 is 2.48 bits per heavy atom. The van der Waals surface area contributed by atoms with Crippen LogP contribution in [0.4, 0.5) is 4.39 Å². The third kappa shape index (κ3) is 3.82. The minimum absolute atomic E-state index is 0.112. The van der Waals surface area contributed by atoms with E-state index in [1.165, 1.54) is 13.2 Å². The maximum absolute atomic E-state index is 13.6. The predicted molar refractivity (Wildman–Crippen MR) is 82.9 cm³/mol. The highest BCUT2D eigenvalue weighted by molar-refractivity contribution is 9.10. The molecule has 0 saturated heterocycles. The van der Waals surface area contributed by atoms with Crippen LogP contribution in [0.5, 0.6) is 5.75 Å². The lowest BCUT2D eigenvalue weighted by atomic mass is 10.1. The summed E-state index contributed by atoms with van der Waals surface area (Å²) in [6.07, 6.45) is 0. The van der Waals surface area contributed by atoms with Gasteiger partial charge in [-0.3, -0.25) is 4.79 Å². The fraction of sp³-hybridized carbons (Fsp3) is 0.188. The average molecular weight is 352 g/mol. The number of carbonyl (C=O) groups is 1. The topological polar surface area (TPSA) is 29.5 Å². The summed E-state index contributed by atoms with van der Waals surface area (Å²) in [5, 5.41) is 0. The zero-order chi connectivity index (χ0) is 15.4. The van der Waals surface area contributed by atoms with Crippen LogP contribution >= 0.6 is 15.9 Å². The molecule has 2 rings (SSSR count). The number of methoxy groups -OCH3 is 1. The molecule has 0 unspecified atom stereocenters. The van der Waals surface area contributed by atoms with Crippen molar-refractivity contribution in [3.05, 3.63) is 63.9 Å². The van der Waals surface area contributed by atoms with Gasteiger partial charge in [0.2, 0.25) is 0 Å². The number of amides is 1. The minimum atomic E-state index is -0.431. The molecule has 0 radical (unpaired) electrons. The van der Waals surface area contributed by atoms with Gasteiger partial charge >= 0.3 is 0 Å². The fourth-order valence-corrected chi connectivity index (χ4v) is 2.23. The summed E-state index contributed by atoms with van der Waals surface area (Å²) in [4.78, 5) is 13.8. The molecule has 0 saturated carbocycles. The van der Waals surface area contributed by atoms with Gasteiger partial charge in [-0.15, -0.1) is 0 Å². The molecule has 0 heterocycles. The lowest BCUT2D eigenvalue weighted by Crippen LogP contribution is -2.26. The van der Waals surface area contributed by atoms with Crippen LogP contribution < -0.4 is 4.74 Å². The van der Waals surface area contributed by atoms with Gasteiger partial charge < -0.3 is 9.64 Å². The van der Waals surface area contributed by atoms with Crippen LogP contribution in [0.3, 0.4) is 0 Å². The van der Waals surface area contributed by atoms with E-state index in [1.807, 2.05) is 12.1 Å². The van der Waals surface area contributed by atoms with Crippen molar-refractivity contribution < 1.29 is 13.9 Å². The van der Waals surface area contributed by atoms with E-state index < -0.39 is 5.82 Å². The Balaban J connectivity index is 2.10. The monoisotopic (exact) mass is 351 g/mol. The van der Waals surface area contributed by atoms with Gasteiger partial charge in [0.25, 0.3) is 5.91 Å². The second kappa shape index (κ2) is 6.72. The number of carbonyl (C=O) groups excluding carboxylic acids is 1. The van der Waals surface area contributed by atoms with Crippen molar-refractivity contribution in [1.82, 2.24) is 4.90 Å². The van der Waals surface area contributed by atoms with Gasteiger partial charge in [-0.05, 0) is 42.0 Å². The summed E-state index contributed by atoms with van der Waals surface area (Å²) in [7, 11) is 3.10.